The van der Waals surface area contributed by atoms with Crippen LogP contribution in [0.25, 0.3) is 0 Å². The standard InChI is InChI=1S/C13H27N3O/c1-13(14,11-17)5-2-6-15-7-9-16(10-8-15)12-3-4-12/h12,17H,2-11,14H2,1H3. The first-order valence-electron chi connectivity index (χ1n) is 6.97. The Hall–Kier alpha value is -0.160. The molecule has 1 atom stereocenters. The predicted molar refractivity (Wildman–Crippen MR) is 69.9 cm³/mol. The first kappa shape index (κ1) is 13.3. The zero-order valence-corrected chi connectivity index (χ0v) is 11.1. The van der Waals surface area contributed by atoms with Gasteiger partial charge in [-0.3, -0.25) is 4.90 Å². The van der Waals surface area contributed by atoms with Crippen molar-refractivity contribution in [2.75, 3.05) is 39.3 Å². The summed E-state index contributed by atoms with van der Waals surface area (Å²) in [6.07, 6.45) is 4.84. The van der Waals surface area contributed by atoms with Gasteiger partial charge in [0.1, 0.15) is 0 Å². The van der Waals surface area contributed by atoms with E-state index in [1.807, 2.05) is 6.92 Å². The number of hydrogen-bond acceptors (Lipinski definition) is 4. The van der Waals surface area contributed by atoms with E-state index in [0.29, 0.717) is 0 Å². The number of rotatable bonds is 6. The second kappa shape index (κ2) is 5.65. The topological polar surface area (TPSA) is 52.7 Å². The zero-order valence-electron chi connectivity index (χ0n) is 11.1. The molecule has 0 amide bonds. The molecule has 17 heavy (non-hydrogen) atoms. The maximum atomic E-state index is 9.09. The summed E-state index contributed by atoms with van der Waals surface area (Å²) < 4.78 is 0. The van der Waals surface area contributed by atoms with Crippen LogP contribution >= 0.6 is 0 Å². The largest absolute Gasteiger partial charge is 0.394 e. The fraction of sp³-hybridized carbons (Fsp3) is 1.00. The van der Waals surface area contributed by atoms with E-state index in [4.69, 9.17) is 10.8 Å². The second-order valence-electron chi connectivity index (χ2n) is 6.02. The summed E-state index contributed by atoms with van der Waals surface area (Å²) in [5.74, 6) is 0. The van der Waals surface area contributed by atoms with Gasteiger partial charge in [0.25, 0.3) is 0 Å². The van der Waals surface area contributed by atoms with Gasteiger partial charge >= 0.3 is 0 Å². The second-order valence-corrected chi connectivity index (χ2v) is 6.02. The summed E-state index contributed by atoms with van der Waals surface area (Å²) in [4.78, 5) is 5.17. The molecule has 1 aliphatic heterocycles. The van der Waals surface area contributed by atoms with Crippen molar-refractivity contribution < 1.29 is 5.11 Å². The quantitative estimate of drug-likeness (QED) is 0.700. The molecule has 100 valence electrons. The van der Waals surface area contributed by atoms with Crippen LogP contribution in [0.15, 0.2) is 0 Å². The van der Waals surface area contributed by atoms with Crippen molar-refractivity contribution in [2.45, 2.75) is 44.2 Å². The Labute approximate surface area is 105 Å². The van der Waals surface area contributed by atoms with Crippen LogP contribution in [0.1, 0.15) is 32.6 Å². The maximum Gasteiger partial charge on any atom is 0.0608 e. The minimum atomic E-state index is -0.393. The van der Waals surface area contributed by atoms with Crippen molar-refractivity contribution in [3.8, 4) is 0 Å². The van der Waals surface area contributed by atoms with Gasteiger partial charge in [0.05, 0.1) is 6.61 Å². The molecule has 4 nitrogen and oxygen atoms in total. The molecule has 1 saturated heterocycles. The van der Waals surface area contributed by atoms with Crippen molar-refractivity contribution in [1.82, 2.24) is 9.80 Å². The van der Waals surface area contributed by atoms with E-state index in [1.54, 1.807) is 0 Å². The molecule has 0 aromatic rings. The molecule has 0 bridgehead atoms. The summed E-state index contributed by atoms with van der Waals surface area (Å²) in [6.45, 7) is 8.04. The van der Waals surface area contributed by atoms with Gasteiger partial charge < -0.3 is 15.7 Å². The highest BCUT2D eigenvalue weighted by Gasteiger charge is 2.31. The van der Waals surface area contributed by atoms with E-state index in [2.05, 4.69) is 9.80 Å². The molecule has 1 saturated carbocycles. The van der Waals surface area contributed by atoms with Crippen LogP contribution in [0, 0.1) is 0 Å². The van der Waals surface area contributed by atoms with Gasteiger partial charge in [0.2, 0.25) is 0 Å². The average Bonchev–Trinajstić information content (AvgIpc) is 3.14. The molecule has 4 heteroatoms. The fourth-order valence-electron chi connectivity index (χ4n) is 2.58. The van der Waals surface area contributed by atoms with E-state index in [0.717, 1.165) is 25.4 Å². The molecular formula is C13H27N3O. The molecule has 0 spiro atoms. The zero-order chi connectivity index (χ0) is 12.3. The first-order chi connectivity index (χ1) is 8.11. The summed E-state index contributed by atoms with van der Waals surface area (Å²) in [7, 11) is 0. The smallest absolute Gasteiger partial charge is 0.0608 e. The van der Waals surface area contributed by atoms with Crippen LogP contribution in [-0.4, -0.2) is 65.8 Å². The summed E-state index contributed by atoms with van der Waals surface area (Å²) in [5, 5.41) is 9.09. The maximum absolute atomic E-state index is 9.09. The van der Waals surface area contributed by atoms with Gasteiger partial charge in [0, 0.05) is 37.8 Å². The Morgan fingerprint density at radius 1 is 1.24 bits per heavy atom. The van der Waals surface area contributed by atoms with Crippen LogP contribution in [0.5, 0.6) is 0 Å². The molecule has 0 radical (unpaired) electrons. The highest BCUT2D eigenvalue weighted by molar-refractivity contribution is 4.87. The number of aliphatic hydroxyl groups is 1. The molecular weight excluding hydrogens is 214 g/mol. The fourth-order valence-corrected chi connectivity index (χ4v) is 2.58. The molecule has 0 aromatic carbocycles. The van der Waals surface area contributed by atoms with Crippen LogP contribution in [-0.2, 0) is 0 Å². The third-order valence-corrected chi connectivity index (χ3v) is 4.05. The third kappa shape index (κ3) is 4.21. The minimum Gasteiger partial charge on any atom is -0.394 e. The normalized spacial score (nSPS) is 27.0. The molecule has 1 unspecified atom stereocenters. The minimum absolute atomic E-state index is 0.0858. The number of aliphatic hydroxyl groups excluding tert-OH is 1. The van der Waals surface area contributed by atoms with Gasteiger partial charge in [-0.15, -0.1) is 0 Å². The van der Waals surface area contributed by atoms with Crippen LogP contribution < -0.4 is 5.73 Å². The Balaban J connectivity index is 1.58. The van der Waals surface area contributed by atoms with E-state index >= 15 is 0 Å². The highest BCUT2D eigenvalue weighted by Crippen LogP contribution is 2.27. The Morgan fingerprint density at radius 2 is 1.88 bits per heavy atom. The predicted octanol–water partition coefficient (Wildman–Crippen LogP) is 0.256. The molecule has 1 heterocycles. The third-order valence-electron chi connectivity index (χ3n) is 4.05. The van der Waals surface area contributed by atoms with Gasteiger partial charge in [-0.25, -0.2) is 0 Å². The molecule has 1 aliphatic carbocycles. The summed E-state index contributed by atoms with van der Waals surface area (Å²) >= 11 is 0. The highest BCUT2D eigenvalue weighted by atomic mass is 16.3. The number of piperazine rings is 1. The van der Waals surface area contributed by atoms with Crippen molar-refractivity contribution in [3.63, 3.8) is 0 Å². The summed E-state index contributed by atoms with van der Waals surface area (Å²) in [6, 6.07) is 0.916. The number of nitrogens with zero attached hydrogens (tertiary/aromatic N) is 2. The Bertz CT molecular complexity index is 233. The van der Waals surface area contributed by atoms with E-state index in [-0.39, 0.29) is 6.61 Å². The molecule has 2 fully saturated rings. The lowest BCUT2D eigenvalue weighted by atomic mass is 9.98. The molecule has 0 aromatic heterocycles. The van der Waals surface area contributed by atoms with Gasteiger partial charge in [-0.1, -0.05) is 0 Å². The van der Waals surface area contributed by atoms with E-state index in [1.165, 1.54) is 39.0 Å². The lowest BCUT2D eigenvalue weighted by molar-refractivity contribution is 0.120. The van der Waals surface area contributed by atoms with Gasteiger partial charge in [-0.05, 0) is 39.2 Å². The Kier molecular flexibility index (Phi) is 4.42. The van der Waals surface area contributed by atoms with Crippen LogP contribution in [0.2, 0.25) is 0 Å². The molecule has 3 N–H and O–H groups in total. The molecule has 2 rings (SSSR count). The van der Waals surface area contributed by atoms with Crippen molar-refractivity contribution in [1.29, 1.82) is 0 Å². The summed E-state index contributed by atoms with van der Waals surface area (Å²) in [5.41, 5.74) is 5.53. The molecule has 2 aliphatic rings. The number of hydrogen-bond donors (Lipinski definition) is 2. The van der Waals surface area contributed by atoms with Gasteiger partial charge in [0.15, 0.2) is 0 Å². The first-order valence-corrected chi connectivity index (χ1v) is 6.97. The lowest BCUT2D eigenvalue weighted by Crippen LogP contribution is -2.48. The Morgan fingerprint density at radius 3 is 2.41 bits per heavy atom. The average molecular weight is 241 g/mol. The van der Waals surface area contributed by atoms with Crippen molar-refractivity contribution in [3.05, 3.63) is 0 Å². The lowest BCUT2D eigenvalue weighted by Gasteiger charge is -2.35. The van der Waals surface area contributed by atoms with Crippen molar-refractivity contribution in [2.24, 2.45) is 5.73 Å². The van der Waals surface area contributed by atoms with Crippen LogP contribution in [0.3, 0.4) is 0 Å². The van der Waals surface area contributed by atoms with Crippen LogP contribution in [0.4, 0.5) is 0 Å². The van der Waals surface area contributed by atoms with E-state index in [9.17, 15) is 0 Å². The van der Waals surface area contributed by atoms with E-state index < -0.39 is 5.54 Å². The SMILES string of the molecule is CC(N)(CO)CCCN1CCN(C2CC2)CC1. The monoisotopic (exact) mass is 241 g/mol. The van der Waals surface area contributed by atoms with Gasteiger partial charge in [-0.2, -0.15) is 0 Å². The van der Waals surface area contributed by atoms with Crippen molar-refractivity contribution >= 4 is 0 Å². The number of nitrogens with two attached hydrogens (primary N) is 1.